The Balaban J connectivity index is 1.42. The first-order valence-corrected chi connectivity index (χ1v) is 17.0. The summed E-state index contributed by atoms with van der Waals surface area (Å²) in [5.74, 6) is 3.80. The highest BCUT2D eigenvalue weighted by atomic mass is 31.2. The second kappa shape index (κ2) is 11.4. The summed E-state index contributed by atoms with van der Waals surface area (Å²) in [6, 6.07) is 0. The first-order valence-electron chi connectivity index (χ1n) is 15.5. The molecule has 3 fully saturated rings. The standard InChI is InChI=1S/C32H56NO4P/c1-23(2)10-9-11-24(3)28-14-15-29-27-13-12-25-22-26(37-38(34,35)36-21-20-33(6,7)8)16-18-31(25,4)30(27)17-19-32(28,29)5/h12-13,23-24,26,28-30H,9-11,14-22H2,1-8H3/p+1/t24?,26?,28?,29?,30?,31-,32?/m1/s1. The van der Waals surface area contributed by atoms with E-state index in [0.717, 1.165) is 42.9 Å². The number of hydrogen-bond donors (Lipinski definition) is 1. The zero-order chi connectivity index (χ0) is 27.9. The topological polar surface area (TPSA) is 55.8 Å². The lowest BCUT2D eigenvalue weighted by Gasteiger charge is -2.55. The summed E-state index contributed by atoms with van der Waals surface area (Å²) in [5, 5.41) is 0. The zero-order valence-corrected chi connectivity index (χ0v) is 26.6. The van der Waals surface area contributed by atoms with Crippen molar-refractivity contribution in [3.63, 3.8) is 0 Å². The molecule has 0 amide bonds. The molecule has 4 aliphatic carbocycles. The van der Waals surface area contributed by atoms with Gasteiger partial charge in [0.2, 0.25) is 0 Å². The molecule has 0 aromatic carbocycles. The van der Waals surface area contributed by atoms with Crippen molar-refractivity contribution >= 4 is 7.82 Å². The number of nitrogens with zero attached hydrogens (tertiary/aromatic N) is 1. The van der Waals surface area contributed by atoms with E-state index >= 15 is 0 Å². The molecule has 0 radical (unpaired) electrons. The Kier molecular flexibility index (Phi) is 9.18. The van der Waals surface area contributed by atoms with E-state index in [-0.39, 0.29) is 18.1 Å². The Hall–Kier alpha value is -0.450. The second-order valence-electron chi connectivity index (χ2n) is 15.2. The van der Waals surface area contributed by atoms with Crippen LogP contribution in [0.3, 0.4) is 0 Å². The van der Waals surface area contributed by atoms with Gasteiger partial charge in [0.25, 0.3) is 0 Å². The number of allylic oxidation sites excluding steroid dienone is 3. The van der Waals surface area contributed by atoms with E-state index in [0.29, 0.717) is 22.4 Å². The fraction of sp³-hybridized carbons (Fsp3) is 0.875. The molecule has 0 bridgehead atoms. The van der Waals surface area contributed by atoms with Crippen molar-refractivity contribution in [2.24, 2.45) is 40.4 Å². The van der Waals surface area contributed by atoms with Gasteiger partial charge in [-0.25, -0.2) is 4.57 Å². The van der Waals surface area contributed by atoms with Gasteiger partial charge in [-0.3, -0.25) is 9.05 Å². The Morgan fingerprint density at radius 1 is 1.03 bits per heavy atom. The van der Waals surface area contributed by atoms with Gasteiger partial charge in [-0.2, -0.15) is 0 Å². The molecule has 0 saturated heterocycles. The Bertz CT molecular complexity index is 952. The third-order valence-corrected chi connectivity index (χ3v) is 12.1. The molecule has 38 heavy (non-hydrogen) atoms. The number of likely N-dealkylation sites (N-methyl/N-ethyl adjacent to an activating group) is 1. The van der Waals surface area contributed by atoms with E-state index in [2.05, 4.69) is 46.8 Å². The van der Waals surface area contributed by atoms with E-state index in [1.807, 2.05) is 21.1 Å². The van der Waals surface area contributed by atoms with Crippen LogP contribution in [0.4, 0.5) is 0 Å². The van der Waals surface area contributed by atoms with Crippen LogP contribution >= 0.6 is 7.82 Å². The molecule has 4 rings (SSSR count). The van der Waals surface area contributed by atoms with Crippen LogP contribution < -0.4 is 0 Å². The number of rotatable bonds is 11. The monoisotopic (exact) mass is 550 g/mol. The van der Waals surface area contributed by atoms with Crippen LogP contribution in [0, 0.1) is 40.4 Å². The van der Waals surface area contributed by atoms with Crippen LogP contribution in [-0.2, 0) is 13.6 Å². The smallest absolute Gasteiger partial charge is 0.329 e. The van der Waals surface area contributed by atoms with Gasteiger partial charge in [0.05, 0.1) is 27.2 Å². The minimum atomic E-state index is -4.05. The summed E-state index contributed by atoms with van der Waals surface area (Å²) in [7, 11) is 2.07. The molecule has 0 heterocycles. The molecule has 1 N–H and O–H groups in total. The number of fused-ring (bicyclic) bond motifs is 5. The van der Waals surface area contributed by atoms with Crippen molar-refractivity contribution in [2.45, 2.75) is 105 Å². The minimum absolute atomic E-state index is 0.149. The molecule has 5 nitrogen and oxygen atoms in total. The largest absolute Gasteiger partial charge is 0.472 e. The molecular formula is C32H57NO4P+. The summed E-state index contributed by atoms with van der Waals surface area (Å²) in [5.41, 5.74) is 3.72. The first-order chi connectivity index (χ1) is 17.6. The van der Waals surface area contributed by atoms with E-state index in [1.165, 1.54) is 50.5 Å². The van der Waals surface area contributed by atoms with Gasteiger partial charge in [0.15, 0.2) is 0 Å². The predicted octanol–water partition coefficient (Wildman–Crippen LogP) is 8.16. The van der Waals surface area contributed by atoms with Crippen LogP contribution in [0.1, 0.15) is 98.8 Å². The Labute approximate surface area is 233 Å². The van der Waals surface area contributed by atoms with Crippen molar-refractivity contribution in [3.05, 3.63) is 23.3 Å². The third kappa shape index (κ3) is 6.54. The number of hydrogen-bond acceptors (Lipinski definition) is 3. The Morgan fingerprint density at radius 2 is 1.76 bits per heavy atom. The molecule has 8 atom stereocenters. The minimum Gasteiger partial charge on any atom is -0.329 e. The van der Waals surface area contributed by atoms with Gasteiger partial charge in [-0.15, -0.1) is 0 Å². The highest BCUT2D eigenvalue weighted by Gasteiger charge is 2.57. The van der Waals surface area contributed by atoms with E-state index in [1.54, 1.807) is 5.57 Å². The number of phosphoric acid groups is 1. The summed E-state index contributed by atoms with van der Waals surface area (Å²) in [6.07, 6.45) is 16.6. The normalized spacial score (nSPS) is 37.5. The summed E-state index contributed by atoms with van der Waals surface area (Å²) >= 11 is 0. The van der Waals surface area contributed by atoms with E-state index in [4.69, 9.17) is 9.05 Å². The zero-order valence-electron chi connectivity index (χ0n) is 25.7. The molecule has 0 aliphatic heterocycles. The van der Waals surface area contributed by atoms with Crippen LogP contribution in [0.2, 0.25) is 0 Å². The fourth-order valence-corrected chi connectivity index (χ4v) is 9.66. The lowest BCUT2D eigenvalue weighted by Crippen LogP contribution is -2.46. The molecule has 0 aromatic rings. The highest BCUT2D eigenvalue weighted by molar-refractivity contribution is 7.47. The molecule has 0 aromatic heterocycles. The first kappa shape index (κ1) is 30.5. The molecule has 0 spiro atoms. The van der Waals surface area contributed by atoms with Gasteiger partial charge in [0.1, 0.15) is 13.2 Å². The second-order valence-corrected chi connectivity index (χ2v) is 16.6. The van der Waals surface area contributed by atoms with Crippen LogP contribution in [-0.4, -0.2) is 49.8 Å². The fourth-order valence-electron chi connectivity index (χ4n) is 8.73. The summed E-state index contributed by atoms with van der Waals surface area (Å²) in [4.78, 5) is 10.4. The summed E-state index contributed by atoms with van der Waals surface area (Å²) < 4.78 is 24.4. The van der Waals surface area contributed by atoms with Gasteiger partial charge in [-0.05, 0) is 85.4 Å². The predicted molar refractivity (Wildman–Crippen MR) is 157 cm³/mol. The maximum atomic E-state index is 12.7. The number of quaternary nitrogens is 1. The van der Waals surface area contributed by atoms with Crippen molar-refractivity contribution in [1.82, 2.24) is 0 Å². The van der Waals surface area contributed by atoms with Gasteiger partial charge < -0.3 is 9.38 Å². The lowest BCUT2D eigenvalue weighted by molar-refractivity contribution is -0.870. The molecule has 3 saturated carbocycles. The van der Waals surface area contributed by atoms with Gasteiger partial charge in [-0.1, -0.05) is 77.2 Å². The van der Waals surface area contributed by atoms with E-state index in [9.17, 15) is 9.46 Å². The molecule has 7 unspecified atom stereocenters. The van der Waals surface area contributed by atoms with Crippen molar-refractivity contribution < 1.29 is 23.0 Å². The van der Waals surface area contributed by atoms with Crippen LogP contribution in [0.5, 0.6) is 0 Å². The lowest BCUT2D eigenvalue weighted by atomic mass is 9.50. The van der Waals surface area contributed by atoms with Crippen molar-refractivity contribution in [1.29, 1.82) is 0 Å². The average molecular weight is 551 g/mol. The molecule has 218 valence electrons. The SMILES string of the molecule is CC(C)CCCC(C)C1CCC2C3=CC=C4CC(OP(=O)(O)OCC[N+](C)(C)C)CC[C@@]4(C)C3CCC21C. The van der Waals surface area contributed by atoms with E-state index < -0.39 is 7.82 Å². The Morgan fingerprint density at radius 3 is 2.45 bits per heavy atom. The molecule has 4 aliphatic rings. The van der Waals surface area contributed by atoms with Crippen molar-refractivity contribution in [2.75, 3.05) is 34.3 Å². The summed E-state index contributed by atoms with van der Waals surface area (Å²) in [6.45, 7) is 13.2. The average Bonchev–Trinajstić information content (AvgIpc) is 3.15. The van der Waals surface area contributed by atoms with Gasteiger partial charge in [0, 0.05) is 0 Å². The maximum absolute atomic E-state index is 12.7. The van der Waals surface area contributed by atoms with Gasteiger partial charge >= 0.3 is 7.82 Å². The molecule has 6 heteroatoms. The highest BCUT2D eigenvalue weighted by Crippen LogP contribution is 2.66. The quantitative estimate of drug-likeness (QED) is 0.208. The van der Waals surface area contributed by atoms with Crippen LogP contribution in [0.15, 0.2) is 23.3 Å². The third-order valence-electron chi connectivity index (χ3n) is 11.0. The number of phosphoric ester groups is 1. The molecular weight excluding hydrogens is 493 g/mol. The van der Waals surface area contributed by atoms with Crippen LogP contribution in [0.25, 0.3) is 0 Å². The van der Waals surface area contributed by atoms with Crippen molar-refractivity contribution in [3.8, 4) is 0 Å². The maximum Gasteiger partial charge on any atom is 0.472 e.